The van der Waals surface area contributed by atoms with E-state index in [1.807, 2.05) is 0 Å². The number of carbonyl (C=O) groups is 2. The van der Waals surface area contributed by atoms with Crippen molar-refractivity contribution in [3.8, 4) is 0 Å². The number of hydrogen-bond acceptors (Lipinski definition) is 2. The van der Waals surface area contributed by atoms with Gasteiger partial charge in [-0.1, -0.05) is 24.3 Å². The molecule has 0 aliphatic heterocycles. The summed E-state index contributed by atoms with van der Waals surface area (Å²) in [7, 11) is 0. The summed E-state index contributed by atoms with van der Waals surface area (Å²) in [6, 6.07) is 4.17. The third-order valence-electron chi connectivity index (χ3n) is 4.91. The van der Waals surface area contributed by atoms with Crippen LogP contribution in [0.2, 0.25) is 0 Å². The van der Waals surface area contributed by atoms with Crippen molar-refractivity contribution in [1.29, 1.82) is 0 Å². The first-order valence-corrected chi connectivity index (χ1v) is 10.8. The molecular formula is C25H24ClF6N3O2. The molecule has 0 aliphatic carbocycles. The molecule has 0 heterocycles. The van der Waals surface area contributed by atoms with Gasteiger partial charge >= 0.3 is 12.4 Å². The first-order chi connectivity index (χ1) is 16.9. The quantitative estimate of drug-likeness (QED) is 0.146. The molecule has 5 nitrogen and oxygen atoms in total. The van der Waals surface area contributed by atoms with Crippen LogP contribution in [0.5, 0.6) is 0 Å². The van der Waals surface area contributed by atoms with Gasteiger partial charge in [0.25, 0.3) is 11.1 Å². The van der Waals surface area contributed by atoms with Crippen LogP contribution in [0.3, 0.4) is 0 Å². The van der Waals surface area contributed by atoms with Crippen molar-refractivity contribution in [2.24, 2.45) is 16.5 Å². The summed E-state index contributed by atoms with van der Waals surface area (Å²) in [4.78, 5) is 25.9. The Hall–Kier alpha value is -3.60. The second kappa shape index (κ2) is 12.6. The largest absolute Gasteiger partial charge is 0.416 e. The molecule has 0 atom stereocenters. The van der Waals surface area contributed by atoms with Gasteiger partial charge in [-0.15, -0.1) is 13.2 Å². The van der Waals surface area contributed by atoms with Gasteiger partial charge < -0.3 is 11.5 Å². The van der Waals surface area contributed by atoms with Crippen LogP contribution in [-0.4, -0.2) is 17.1 Å². The van der Waals surface area contributed by atoms with Crippen molar-refractivity contribution in [1.82, 2.24) is 0 Å². The van der Waals surface area contributed by atoms with Gasteiger partial charge in [-0.2, -0.15) is 31.3 Å². The molecule has 0 saturated carbocycles. The molecule has 0 aliphatic rings. The highest BCUT2D eigenvalue weighted by molar-refractivity contribution is 6.67. The fourth-order valence-electron chi connectivity index (χ4n) is 3.33. The molecule has 2 aromatic rings. The molecule has 0 aromatic heterocycles. The number of guanidine groups is 1. The summed E-state index contributed by atoms with van der Waals surface area (Å²) < 4.78 is 77.2. The van der Waals surface area contributed by atoms with Gasteiger partial charge in [0.15, 0.2) is 5.96 Å². The lowest BCUT2D eigenvalue weighted by Crippen LogP contribution is -2.24. The Morgan fingerprint density at radius 1 is 0.838 bits per heavy atom. The molecule has 0 unspecified atom stereocenters. The lowest BCUT2D eigenvalue weighted by Gasteiger charge is -2.14. The third-order valence-corrected chi connectivity index (χ3v) is 5.12. The zero-order chi connectivity index (χ0) is 28.7. The zero-order valence-corrected chi connectivity index (χ0v) is 20.6. The number of allylic oxidation sites excluding steroid dienone is 2. The Labute approximate surface area is 214 Å². The van der Waals surface area contributed by atoms with Crippen LogP contribution in [0.25, 0.3) is 0 Å². The van der Waals surface area contributed by atoms with Gasteiger partial charge in [0, 0.05) is 11.1 Å². The predicted octanol–water partition coefficient (Wildman–Crippen LogP) is 6.28. The molecule has 0 fully saturated rings. The van der Waals surface area contributed by atoms with E-state index in [2.05, 4.69) is 18.2 Å². The van der Waals surface area contributed by atoms with Gasteiger partial charge in [-0.3, -0.25) is 9.59 Å². The lowest BCUT2D eigenvalue weighted by atomic mass is 9.96. The van der Waals surface area contributed by atoms with Gasteiger partial charge in [-0.25, -0.2) is 0 Å². The normalized spacial score (nSPS) is 11.2. The molecule has 37 heavy (non-hydrogen) atoms. The molecule has 12 heteroatoms. The maximum absolute atomic E-state index is 13.0. The summed E-state index contributed by atoms with van der Waals surface area (Å²) >= 11 is 5.23. The van der Waals surface area contributed by atoms with E-state index in [1.165, 1.54) is 31.2 Å². The Balaban J connectivity index is 0.000000375. The smallest absolute Gasteiger partial charge is 0.370 e. The minimum Gasteiger partial charge on any atom is -0.370 e. The van der Waals surface area contributed by atoms with Crippen molar-refractivity contribution < 1.29 is 35.9 Å². The fraction of sp³-hybridized carbons (Fsp3) is 0.240. The number of rotatable bonds is 6. The second-order valence-corrected chi connectivity index (χ2v) is 8.09. The monoisotopic (exact) mass is 547 g/mol. The van der Waals surface area contributed by atoms with Crippen LogP contribution in [0, 0.1) is 13.8 Å². The number of aryl methyl sites for hydroxylation is 2. The molecular weight excluding hydrogens is 524 g/mol. The van der Waals surface area contributed by atoms with E-state index in [9.17, 15) is 35.9 Å². The van der Waals surface area contributed by atoms with Crippen LogP contribution < -0.4 is 11.5 Å². The van der Waals surface area contributed by atoms with E-state index in [0.29, 0.717) is 11.1 Å². The van der Waals surface area contributed by atoms with Crippen LogP contribution in [-0.2, 0) is 25.2 Å². The van der Waals surface area contributed by atoms with Crippen molar-refractivity contribution in [2.75, 3.05) is 0 Å². The number of halogens is 7. The van der Waals surface area contributed by atoms with Gasteiger partial charge in [0.2, 0.25) is 0 Å². The number of nitrogens with two attached hydrogens (primary N) is 2. The molecule has 0 saturated heterocycles. The number of carbonyl (C=O) groups excluding carboxylic acids is 2. The lowest BCUT2D eigenvalue weighted by molar-refractivity contribution is -0.139. The first-order valence-electron chi connectivity index (χ1n) is 10.4. The highest BCUT2D eigenvalue weighted by Gasteiger charge is 2.35. The van der Waals surface area contributed by atoms with Crippen LogP contribution in [0.15, 0.2) is 54.6 Å². The van der Waals surface area contributed by atoms with Crippen molar-refractivity contribution in [3.05, 3.63) is 94.1 Å². The Kier molecular flexibility index (Phi) is 10.7. The maximum Gasteiger partial charge on any atom is 0.416 e. The maximum atomic E-state index is 13.0. The summed E-state index contributed by atoms with van der Waals surface area (Å²) in [6.45, 7) is 9.88. The number of hydrogen-bond donors (Lipinski definition) is 2. The van der Waals surface area contributed by atoms with Crippen molar-refractivity contribution >= 4 is 28.7 Å². The molecule has 4 N–H and O–H groups in total. The Bertz CT molecular complexity index is 1230. The molecule has 2 rings (SSSR count). The SMILES string of the molecule is C=CCc1cc(C)c(C(=O)Cl)cc1C(F)(F)F.C=CCc1cc(C)c(C(=O)N=C(N)N)cc1C(F)(F)F. The van der Waals surface area contributed by atoms with E-state index in [0.717, 1.165) is 12.1 Å². The minimum absolute atomic E-state index is 0.0475. The van der Waals surface area contributed by atoms with E-state index in [1.54, 1.807) is 6.92 Å². The predicted molar refractivity (Wildman–Crippen MR) is 130 cm³/mol. The Morgan fingerprint density at radius 3 is 1.54 bits per heavy atom. The van der Waals surface area contributed by atoms with Crippen molar-refractivity contribution in [2.45, 2.75) is 39.0 Å². The van der Waals surface area contributed by atoms with Gasteiger partial charge in [-0.05, 0) is 72.7 Å². The van der Waals surface area contributed by atoms with E-state index in [-0.39, 0.29) is 35.1 Å². The minimum atomic E-state index is -4.57. The zero-order valence-electron chi connectivity index (χ0n) is 19.9. The van der Waals surface area contributed by atoms with E-state index in [4.69, 9.17) is 23.1 Å². The molecule has 0 radical (unpaired) electrons. The number of amides is 1. The molecule has 200 valence electrons. The van der Waals surface area contributed by atoms with Crippen LogP contribution in [0.1, 0.15) is 54.1 Å². The molecule has 0 spiro atoms. The topological polar surface area (TPSA) is 98.5 Å². The number of alkyl halides is 6. The average molecular weight is 548 g/mol. The van der Waals surface area contributed by atoms with Crippen LogP contribution in [0.4, 0.5) is 26.3 Å². The summed E-state index contributed by atoms with van der Waals surface area (Å²) in [5, 5.41) is -0.891. The fourth-order valence-corrected chi connectivity index (χ4v) is 3.54. The highest BCUT2D eigenvalue weighted by Crippen LogP contribution is 2.35. The van der Waals surface area contributed by atoms with Crippen LogP contribution >= 0.6 is 11.6 Å². The summed E-state index contributed by atoms with van der Waals surface area (Å²) in [5.41, 5.74) is 9.00. The first kappa shape index (κ1) is 31.4. The second-order valence-electron chi connectivity index (χ2n) is 7.75. The summed E-state index contributed by atoms with van der Waals surface area (Å²) in [6.07, 6.45) is -6.20. The molecule has 0 bridgehead atoms. The van der Waals surface area contributed by atoms with Gasteiger partial charge in [0.05, 0.1) is 11.1 Å². The molecule has 2 aromatic carbocycles. The number of aliphatic imine (C=N–C) groups is 1. The van der Waals surface area contributed by atoms with Gasteiger partial charge in [0.1, 0.15) is 0 Å². The third kappa shape index (κ3) is 8.78. The van der Waals surface area contributed by atoms with E-state index < -0.39 is 40.6 Å². The molecule has 1 amide bonds. The highest BCUT2D eigenvalue weighted by atomic mass is 35.5. The summed E-state index contributed by atoms with van der Waals surface area (Å²) in [5.74, 6) is -1.41. The van der Waals surface area contributed by atoms with E-state index >= 15 is 0 Å². The van der Waals surface area contributed by atoms with Crippen molar-refractivity contribution in [3.63, 3.8) is 0 Å². The standard InChI is InChI=1S/C13H14F3N3O.C12H10ClF3O/c1-3-4-8-5-7(2)9(11(20)19-12(17)18)6-10(8)13(14,15)16;1-3-4-8-5-7(2)9(11(13)17)6-10(8)12(14,15)16/h3,5-6H,1,4H2,2H3,(H4,17,18,19,20);3,5-6H,1,4H2,2H3. The number of nitrogens with zero attached hydrogens (tertiary/aromatic N) is 1. The average Bonchev–Trinajstić information content (AvgIpc) is 2.72. The Morgan fingerprint density at radius 2 is 1.22 bits per heavy atom. The number of benzene rings is 2.